The van der Waals surface area contributed by atoms with Crippen LogP contribution in [0.25, 0.3) is 0 Å². The lowest BCUT2D eigenvalue weighted by Crippen LogP contribution is -2.28. The lowest BCUT2D eigenvalue weighted by Gasteiger charge is -2.19. The number of amides is 1. The molecule has 21 heavy (non-hydrogen) atoms. The summed E-state index contributed by atoms with van der Waals surface area (Å²) >= 11 is 2.98. The fourth-order valence-electron chi connectivity index (χ4n) is 1.85. The fraction of sp³-hybridized carbons (Fsp3) is 0.214. The summed E-state index contributed by atoms with van der Waals surface area (Å²) in [5.41, 5.74) is -1.35. The van der Waals surface area contributed by atoms with Crippen LogP contribution in [-0.4, -0.2) is 17.9 Å². The van der Waals surface area contributed by atoms with E-state index in [0.717, 1.165) is 12.1 Å². The largest absolute Gasteiger partial charge is 0.467 e. The van der Waals surface area contributed by atoms with Crippen molar-refractivity contribution in [3.63, 3.8) is 0 Å². The fourth-order valence-corrected chi connectivity index (χ4v) is 2.21. The van der Waals surface area contributed by atoms with Gasteiger partial charge in [0.05, 0.1) is 23.9 Å². The topological polar surface area (TPSA) is 33.5 Å². The van der Waals surface area contributed by atoms with Crippen LogP contribution >= 0.6 is 15.9 Å². The van der Waals surface area contributed by atoms with Crippen LogP contribution in [-0.2, 0) is 12.7 Å². The van der Waals surface area contributed by atoms with Gasteiger partial charge in [-0.05, 0) is 30.3 Å². The van der Waals surface area contributed by atoms with E-state index in [-0.39, 0.29) is 16.6 Å². The van der Waals surface area contributed by atoms with Crippen LogP contribution in [0, 0.1) is 0 Å². The van der Waals surface area contributed by atoms with Crippen LogP contribution in [0.3, 0.4) is 0 Å². The van der Waals surface area contributed by atoms with Gasteiger partial charge in [-0.15, -0.1) is 0 Å². The summed E-state index contributed by atoms with van der Waals surface area (Å²) in [5, 5.41) is 0. The standard InChI is InChI=1S/C14H11BrF3NO2/c1-19(8-10-3-2-6-21-10)13(20)11-5-4-9(15)7-12(11)14(16,17)18/h2-7H,8H2,1H3. The molecule has 2 rings (SSSR count). The molecule has 1 aromatic carbocycles. The van der Waals surface area contributed by atoms with Crippen LogP contribution in [0.1, 0.15) is 21.7 Å². The van der Waals surface area contributed by atoms with Gasteiger partial charge in [-0.25, -0.2) is 0 Å². The quantitative estimate of drug-likeness (QED) is 0.814. The molecule has 0 bridgehead atoms. The third kappa shape index (κ3) is 3.66. The van der Waals surface area contributed by atoms with Gasteiger partial charge in [-0.1, -0.05) is 15.9 Å². The third-order valence-electron chi connectivity index (χ3n) is 2.84. The Hall–Kier alpha value is -1.76. The van der Waals surface area contributed by atoms with Crippen molar-refractivity contribution in [3.8, 4) is 0 Å². The highest BCUT2D eigenvalue weighted by atomic mass is 79.9. The first-order chi connectivity index (χ1) is 9.79. The molecule has 1 heterocycles. The molecule has 112 valence electrons. The summed E-state index contributed by atoms with van der Waals surface area (Å²) in [6.07, 6.45) is -3.16. The maximum atomic E-state index is 13.0. The second-order valence-corrected chi connectivity index (χ2v) is 5.34. The molecule has 0 saturated heterocycles. The minimum atomic E-state index is -4.60. The Labute approximate surface area is 127 Å². The summed E-state index contributed by atoms with van der Waals surface area (Å²) in [7, 11) is 1.42. The second-order valence-electron chi connectivity index (χ2n) is 4.43. The molecular weight excluding hydrogens is 351 g/mol. The summed E-state index contributed by atoms with van der Waals surface area (Å²) in [4.78, 5) is 13.4. The van der Waals surface area contributed by atoms with Crippen LogP contribution in [0.5, 0.6) is 0 Å². The Balaban J connectivity index is 2.30. The average molecular weight is 362 g/mol. The van der Waals surface area contributed by atoms with Gasteiger partial charge in [-0.3, -0.25) is 4.79 Å². The minimum Gasteiger partial charge on any atom is -0.467 e. The molecule has 0 atom stereocenters. The number of benzene rings is 1. The van der Waals surface area contributed by atoms with Crippen molar-refractivity contribution >= 4 is 21.8 Å². The van der Waals surface area contributed by atoms with Crippen molar-refractivity contribution in [3.05, 3.63) is 58.0 Å². The predicted molar refractivity (Wildman–Crippen MR) is 73.6 cm³/mol. The van der Waals surface area contributed by atoms with E-state index in [2.05, 4.69) is 15.9 Å². The van der Waals surface area contributed by atoms with Gasteiger partial charge in [0.2, 0.25) is 0 Å². The normalized spacial score (nSPS) is 11.5. The molecule has 0 radical (unpaired) electrons. The SMILES string of the molecule is CN(Cc1ccco1)C(=O)c1ccc(Br)cc1C(F)(F)F. The lowest BCUT2D eigenvalue weighted by molar-refractivity contribution is -0.138. The molecule has 0 aliphatic heterocycles. The van der Waals surface area contributed by atoms with E-state index in [4.69, 9.17) is 4.42 Å². The molecule has 1 aromatic heterocycles. The monoisotopic (exact) mass is 361 g/mol. The van der Waals surface area contributed by atoms with E-state index < -0.39 is 17.6 Å². The molecule has 0 unspecified atom stereocenters. The van der Waals surface area contributed by atoms with Gasteiger partial charge >= 0.3 is 6.18 Å². The zero-order valence-corrected chi connectivity index (χ0v) is 12.5. The molecule has 3 nitrogen and oxygen atoms in total. The number of hydrogen-bond donors (Lipinski definition) is 0. The second kappa shape index (κ2) is 5.93. The van der Waals surface area contributed by atoms with E-state index in [0.29, 0.717) is 5.76 Å². The molecule has 0 aliphatic carbocycles. The van der Waals surface area contributed by atoms with Crippen molar-refractivity contribution < 1.29 is 22.4 Å². The van der Waals surface area contributed by atoms with Gasteiger partial charge in [0.1, 0.15) is 5.76 Å². The zero-order valence-electron chi connectivity index (χ0n) is 10.9. The Morgan fingerprint density at radius 2 is 2.05 bits per heavy atom. The molecule has 2 aromatic rings. The Morgan fingerprint density at radius 3 is 2.62 bits per heavy atom. The van der Waals surface area contributed by atoms with E-state index in [1.54, 1.807) is 12.1 Å². The number of carbonyl (C=O) groups excluding carboxylic acids is 1. The van der Waals surface area contributed by atoms with Crippen LogP contribution in [0.2, 0.25) is 0 Å². The number of halogens is 4. The van der Waals surface area contributed by atoms with Crippen LogP contribution < -0.4 is 0 Å². The zero-order chi connectivity index (χ0) is 15.6. The summed E-state index contributed by atoms with van der Waals surface area (Å²) in [6, 6.07) is 6.76. The van der Waals surface area contributed by atoms with Gasteiger partial charge in [0, 0.05) is 11.5 Å². The molecule has 7 heteroatoms. The summed E-state index contributed by atoms with van der Waals surface area (Å²) < 4.78 is 44.4. The Bertz CT molecular complexity index is 638. The molecule has 1 amide bonds. The van der Waals surface area contributed by atoms with Crippen LogP contribution in [0.4, 0.5) is 13.2 Å². The number of carbonyl (C=O) groups is 1. The van der Waals surface area contributed by atoms with E-state index >= 15 is 0 Å². The van der Waals surface area contributed by atoms with Crippen molar-refractivity contribution in [2.45, 2.75) is 12.7 Å². The predicted octanol–water partition coefficient (Wildman–Crippen LogP) is 4.33. The highest BCUT2D eigenvalue weighted by molar-refractivity contribution is 9.10. The Morgan fingerprint density at radius 1 is 1.33 bits per heavy atom. The number of nitrogens with zero attached hydrogens (tertiary/aromatic N) is 1. The van der Waals surface area contributed by atoms with Crippen LogP contribution in [0.15, 0.2) is 45.5 Å². The maximum Gasteiger partial charge on any atom is 0.417 e. The number of furan rings is 1. The van der Waals surface area contributed by atoms with Crippen molar-refractivity contribution in [2.24, 2.45) is 0 Å². The van der Waals surface area contributed by atoms with Gasteiger partial charge in [0.15, 0.2) is 0 Å². The molecule has 0 aliphatic rings. The first kappa shape index (κ1) is 15.6. The highest BCUT2D eigenvalue weighted by Gasteiger charge is 2.36. The van der Waals surface area contributed by atoms with Gasteiger partial charge < -0.3 is 9.32 Å². The lowest BCUT2D eigenvalue weighted by atomic mass is 10.1. The average Bonchev–Trinajstić information content (AvgIpc) is 2.89. The van der Waals surface area contributed by atoms with Crippen molar-refractivity contribution in [2.75, 3.05) is 7.05 Å². The van der Waals surface area contributed by atoms with Gasteiger partial charge in [-0.2, -0.15) is 13.2 Å². The van der Waals surface area contributed by atoms with Crippen molar-refractivity contribution in [1.29, 1.82) is 0 Å². The first-order valence-electron chi connectivity index (χ1n) is 5.93. The summed E-state index contributed by atoms with van der Waals surface area (Å²) in [6.45, 7) is 0.0964. The molecular formula is C14H11BrF3NO2. The highest BCUT2D eigenvalue weighted by Crippen LogP contribution is 2.34. The minimum absolute atomic E-state index is 0.0964. The third-order valence-corrected chi connectivity index (χ3v) is 3.33. The van der Waals surface area contributed by atoms with Gasteiger partial charge in [0.25, 0.3) is 5.91 Å². The number of rotatable bonds is 3. The molecule has 0 N–H and O–H groups in total. The van der Waals surface area contributed by atoms with E-state index in [1.807, 2.05) is 0 Å². The molecule has 0 fully saturated rings. The Kier molecular flexibility index (Phi) is 4.41. The number of alkyl halides is 3. The first-order valence-corrected chi connectivity index (χ1v) is 6.73. The van der Waals surface area contributed by atoms with E-state index in [9.17, 15) is 18.0 Å². The molecule has 0 spiro atoms. The smallest absolute Gasteiger partial charge is 0.417 e. The maximum absolute atomic E-state index is 13.0. The van der Waals surface area contributed by atoms with Crippen molar-refractivity contribution in [1.82, 2.24) is 4.90 Å². The number of hydrogen-bond acceptors (Lipinski definition) is 2. The summed E-state index contributed by atoms with van der Waals surface area (Å²) in [5.74, 6) is -0.220. The van der Waals surface area contributed by atoms with E-state index in [1.165, 1.54) is 24.3 Å². The molecule has 0 saturated carbocycles.